The minimum atomic E-state index is -0.612. The molecule has 0 saturated carbocycles. The Kier molecular flexibility index (Phi) is 4.31. The first-order valence-electron chi connectivity index (χ1n) is 7.21. The van der Waals surface area contributed by atoms with Crippen molar-refractivity contribution in [1.29, 1.82) is 0 Å². The van der Waals surface area contributed by atoms with E-state index in [1.165, 1.54) is 17.7 Å². The van der Waals surface area contributed by atoms with E-state index in [2.05, 4.69) is 5.32 Å². The summed E-state index contributed by atoms with van der Waals surface area (Å²) in [6.45, 7) is 1.73. The number of hydrogen-bond donors (Lipinski definition) is 1. The molecule has 0 aliphatic rings. The summed E-state index contributed by atoms with van der Waals surface area (Å²) in [5.41, 5.74) is 2.38. The summed E-state index contributed by atoms with van der Waals surface area (Å²) in [5, 5.41) is 3.21. The van der Waals surface area contributed by atoms with Crippen molar-refractivity contribution < 1.29 is 13.9 Å². The summed E-state index contributed by atoms with van der Waals surface area (Å²) in [6.07, 6.45) is 0. The zero-order valence-corrected chi connectivity index (χ0v) is 13.9. The van der Waals surface area contributed by atoms with Gasteiger partial charge in [0.2, 0.25) is 5.91 Å². The van der Waals surface area contributed by atoms with Gasteiger partial charge in [-0.1, -0.05) is 17.7 Å². The van der Waals surface area contributed by atoms with Gasteiger partial charge in [0.25, 0.3) is 0 Å². The molecule has 0 aliphatic heterocycles. The van der Waals surface area contributed by atoms with Crippen LogP contribution in [0.1, 0.15) is 5.56 Å². The van der Waals surface area contributed by atoms with Gasteiger partial charge < -0.3 is 14.5 Å². The molecule has 1 aromatic heterocycles. The second kappa shape index (κ2) is 6.41. The van der Waals surface area contributed by atoms with Crippen LogP contribution in [-0.4, -0.2) is 17.6 Å². The quantitative estimate of drug-likeness (QED) is 0.787. The summed E-state index contributed by atoms with van der Waals surface area (Å²) in [5.74, 6) is -0.428. The topological polar surface area (TPSA) is 73.5 Å². The fourth-order valence-corrected chi connectivity index (χ4v) is 2.60. The van der Waals surface area contributed by atoms with Crippen LogP contribution in [0, 0.1) is 6.92 Å². The van der Waals surface area contributed by atoms with Crippen LogP contribution in [0.5, 0.6) is 5.75 Å². The summed E-state index contributed by atoms with van der Waals surface area (Å²) < 4.78 is 11.6. The lowest BCUT2D eigenvalue weighted by Crippen LogP contribution is -2.25. The van der Waals surface area contributed by atoms with E-state index in [0.717, 1.165) is 5.56 Å². The molecule has 3 aromatic rings. The number of oxazole rings is 1. The maximum atomic E-state index is 12.3. The number of aromatic nitrogens is 1. The molecule has 1 heterocycles. The van der Waals surface area contributed by atoms with Crippen LogP contribution in [0.4, 0.5) is 5.69 Å². The van der Waals surface area contributed by atoms with E-state index in [0.29, 0.717) is 27.6 Å². The van der Waals surface area contributed by atoms with E-state index in [1.807, 2.05) is 13.0 Å². The van der Waals surface area contributed by atoms with Gasteiger partial charge in [0.05, 0.1) is 18.3 Å². The zero-order chi connectivity index (χ0) is 17.3. The van der Waals surface area contributed by atoms with Gasteiger partial charge in [-0.3, -0.25) is 9.36 Å². The number of halogens is 1. The Morgan fingerprint density at radius 3 is 2.83 bits per heavy atom. The Morgan fingerprint density at radius 1 is 1.29 bits per heavy atom. The normalized spacial score (nSPS) is 10.8. The van der Waals surface area contributed by atoms with Crippen LogP contribution >= 0.6 is 11.6 Å². The molecule has 2 aromatic carbocycles. The van der Waals surface area contributed by atoms with E-state index < -0.39 is 5.76 Å². The number of carbonyl (C=O) groups is 1. The molecule has 0 unspecified atom stereocenters. The van der Waals surface area contributed by atoms with E-state index in [9.17, 15) is 9.59 Å². The van der Waals surface area contributed by atoms with Gasteiger partial charge in [0.1, 0.15) is 12.3 Å². The molecule has 1 amide bonds. The highest BCUT2D eigenvalue weighted by molar-refractivity contribution is 6.31. The van der Waals surface area contributed by atoms with Crippen LogP contribution < -0.4 is 15.8 Å². The van der Waals surface area contributed by atoms with Crippen molar-refractivity contribution in [3.63, 3.8) is 0 Å². The highest BCUT2D eigenvalue weighted by Crippen LogP contribution is 2.25. The molecule has 1 N–H and O–H groups in total. The lowest BCUT2D eigenvalue weighted by molar-refractivity contribution is -0.116. The van der Waals surface area contributed by atoms with Gasteiger partial charge >= 0.3 is 5.76 Å². The second-order valence-corrected chi connectivity index (χ2v) is 5.75. The van der Waals surface area contributed by atoms with Gasteiger partial charge in [-0.15, -0.1) is 0 Å². The summed E-state index contributed by atoms with van der Waals surface area (Å²) in [6, 6.07) is 10.3. The number of nitrogens with one attached hydrogen (secondary N) is 1. The van der Waals surface area contributed by atoms with E-state index in [1.54, 1.807) is 24.3 Å². The number of rotatable bonds is 4. The number of ether oxygens (including phenoxy) is 1. The molecule has 0 fully saturated rings. The van der Waals surface area contributed by atoms with Gasteiger partial charge in [-0.2, -0.15) is 0 Å². The van der Waals surface area contributed by atoms with Crippen LogP contribution in [-0.2, 0) is 11.3 Å². The van der Waals surface area contributed by atoms with Crippen LogP contribution in [0.15, 0.2) is 45.6 Å². The molecule has 0 aliphatic carbocycles. The maximum absolute atomic E-state index is 12.3. The average molecular weight is 347 g/mol. The second-order valence-electron chi connectivity index (χ2n) is 5.32. The highest BCUT2D eigenvalue weighted by atomic mass is 35.5. The van der Waals surface area contributed by atoms with Crippen LogP contribution in [0.3, 0.4) is 0 Å². The Bertz CT molecular complexity index is 974. The Hall–Kier alpha value is -2.73. The monoisotopic (exact) mass is 346 g/mol. The molecule has 3 rings (SSSR count). The third kappa shape index (κ3) is 3.14. The molecule has 7 heteroatoms. The molecule has 0 saturated heterocycles. The number of carbonyl (C=O) groups excluding carboxylic acids is 1. The zero-order valence-electron chi connectivity index (χ0n) is 13.1. The van der Waals surface area contributed by atoms with Crippen molar-refractivity contribution in [3.8, 4) is 5.75 Å². The molecule has 0 radical (unpaired) electrons. The summed E-state index contributed by atoms with van der Waals surface area (Å²) >= 11 is 5.88. The van der Waals surface area contributed by atoms with E-state index in [-0.39, 0.29) is 12.5 Å². The SMILES string of the molecule is COc1ccc(C)cc1NC(=O)Cn1c(=O)oc2cc(Cl)ccc21. The fraction of sp³-hybridized carbons (Fsp3) is 0.176. The Labute approximate surface area is 142 Å². The molecule has 0 spiro atoms. The van der Waals surface area contributed by atoms with Crippen molar-refractivity contribution in [3.05, 3.63) is 57.5 Å². The van der Waals surface area contributed by atoms with E-state index >= 15 is 0 Å². The standard InChI is InChI=1S/C17H15ClN2O4/c1-10-3-6-14(23-2)12(7-10)19-16(21)9-20-13-5-4-11(18)8-15(13)24-17(20)22/h3-8H,9H2,1-2H3,(H,19,21). The minimum absolute atomic E-state index is 0.176. The van der Waals surface area contributed by atoms with E-state index in [4.69, 9.17) is 20.8 Å². The average Bonchev–Trinajstić information content (AvgIpc) is 2.82. The van der Waals surface area contributed by atoms with Crippen molar-refractivity contribution in [1.82, 2.24) is 4.57 Å². The third-order valence-electron chi connectivity index (χ3n) is 3.56. The number of nitrogens with zero attached hydrogens (tertiary/aromatic N) is 1. The molecule has 124 valence electrons. The lowest BCUT2D eigenvalue weighted by Gasteiger charge is -2.11. The van der Waals surface area contributed by atoms with Crippen molar-refractivity contribution in [2.45, 2.75) is 13.5 Å². The van der Waals surface area contributed by atoms with Crippen LogP contribution in [0.2, 0.25) is 5.02 Å². The highest BCUT2D eigenvalue weighted by Gasteiger charge is 2.14. The first kappa shape index (κ1) is 16.1. The number of benzene rings is 2. The van der Waals surface area contributed by atoms with Crippen LogP contribution in [0.25, 0.3) is 11.1 Å². The fourth-order valence-electron chi connectivity index (χ4n) is 2.44. The van der Waals surface area contributed by atoms with Crippen molar-refractivity contribution in [2.24, 2.45) is 0 Å². The first-order chi connectivity index (χ1) is 11.5. The van der Waals surface area contributed by atoms with Gasteiger partial charge in [0, 0.05) is 11.1 Å². The predicted octanol–water partition coefficient (Wildman–Crippen LogP) is 3.20. The predicted molar refractivity (Wildman–Crippen MR) is 91.8 cm³/mol. The molecule has 0 bridgehead atoms. The third-order valence-corrected chi connectivity index (χ3v) is 3.80. The number of anilines is 1. The Morgan fingerprint density at radius 2 is 2.08 bits per heavy atom. The number of hydrogen-bond acceptors (Lipinski definition) is 4. The van der Waals surface area contributed by atoms with Gasteiger partial charge in [0.15, 0.2) is 5.58 Å². The summed E-state index contributed by atoms with van der Waals surface area (Å²) in [4.78, 5) is 24.3. The molecule has 0 atom stereocenters. The molecular weight excluding hydrogens is 332 g/mol. The first-order valence-corrected chi connectivity index (χ1v) is 7.59. The molecular formula is C17H15ClN2O4. The molecule has 24 heavy (non-hydrogen) atoms. The number of fused-ring (bicyclic) bond motifs is 1. The summed E-state index contributed by atoms with van der Waals surface area (Å²) in [7, 11) is 1.53. The smallest absolute Gasteiger partial charge is 0.420 e. The molecule has 6 nitrogen and oxygen atoms in total. The van der Waals surface area contributed by atoms with Crippen molar-refractivity contribution >= 4 is 34.3 Å². The number of amides is 1. The minimum Gasteiger partial charge on any atom is -0.495 e. The van der Waals surface area contributed by atoms with Crippen molar-refractivity contribution in [2.75, 3.05) is 12.4 Å². The number of methoxy groups -OCH3 is 1. The largest absolute Gasteiger partial charge is 0.495 e. The maximum Gasteiger partial charge on any atom is 0.420 e. The van der Waals surface area contributed by atoms with Gasteiger partial charge in [-0.25, -0.2) is 4.79 Å². The lowest BCUT2D eigenvalue weighted by atomic mass is 10.2. The Balaban J connectivity index is 1.87. The van der Waals surface area contributed by atoms with Gasteiger partial charge in [-0.05, 0) is 36.8 Å². The number of aryl methyl sites for hydroxylation is 1.